The third kappa shape index (κ3) is 4.47. The predicted molar refractivity (Wildman–Crippen MR) is 69.4 cm³/mol. The van der Waals surface area contributed by atoms with Gasteiger partial charge in [0.25, 0.3) is 0 Å². The van der Waals surface area contributed by atoms with E-state index in [2.05, 4.69) is 59.4 Å². The number of thiol groups is 1. The lowest BCUT2D eigenvalue weighted by Crippen LogP contribution is -2.11. The maximum atomic E-state index is 4.45. The van der Waals surface area contributed by atoms with Crippen LogP contribution in [0.3, 0.4) is 0 Å². The van der Waals surface area contributed by atoms with Gasteiger partial charge in [-0.15, -0.1) is 12.6 Å². The van der Waals surface area contributed by atoms with Crippen molar-refractivity contribution < 1.29 is 14.1 Å². The van der Waals surface area contributed by atoms with E-state index < -0.39 is 0 Å². The van der Waals surface area contributed by atoms with Crippen molar-refractivity contribution >= 4 is 12.6 Å². The molecule has 0 aliphatic heterocycles. The van der Waals surface area contributed by atoms with Gasteiger partial charge in [0.1, 0.15) is 0 Å². The number of hydrogen-bond donors (Lipinski definition) is 1. The molecule has 0 bridgehead atoms. The Hall–Kier alpha value is -0.640. The average Bonchev–Trinajstić information content (AvgIpc) is 1.97. The number of halogens is 3. The first-order chi connectivity index (χ1) is 5.82. The second-order valence-electron chi connectivity index (χ2n) is 4.71. The SMILES string of the molecule is Cc1cc(C(C)(C)C)cc(C)c1S.F.F.F. The minimum atomic E-state index is 0. The smallest absolute Gasteiger partial charge is 0.00987 e. The van der Waals surface area contributed by atoms with Crippen molar-refractivity contribution in [3.8, 4) is 0 Å². The summed E-state index contributed by atoms with van der Waals surface area (Å²) in [5.74, 6) is 0. The highest BCUT2D eigenvalue weighted by atomic mass is 32.1. The van der Waals surface area contributed by atoms with Crippen molar-refractivity contribution in [2.45, 2.75) is 44.9 Å². The Morgan fingerprint density at radius 1 is 0.875 bits per heavy atom. The average molecular weight is 254 g/mol. The van der Waals surface area contributed by atoms with Gasteiger partial charge in [-0.3, -0.25) is 14.1 Å². The molecule has 0 N–H and O–H groups in total. The van der Waals surface area contributed by atoms with Gasteiger partial charge in [-0.25, -0.2) is 0 Å². The minimum absolute atomic E-state index is 0. The van der Waals surface area contributed by atoms with Gasteiger partial charge in [-0.1, -0.05) is 32.9 Å². The van der Waals surface area contributed by atoms with Gasteiger partial charge in [0.05, 0.1) is 0 Å². The van der Waals surface area contributed by atoms with E-state index in [0.717, 1.165) is 4.90 Å². The lowest BCUT2D eigenvalue weighted by molar-refractivity contribution is 0.588. The van der Waals surface area contributed by atoms with Gasteiger partial charge in [-0.05, 0) is 36.0 Å². The topological polar surface area (TPSA) is 0 Å². The van der Waals surface area contributed by atoms with Crippen molar-refractivity contribution in [3.63, 3.8) is 0 Å². The molecule has 1 aromatic carbocycles. The standard InChI is InChI=1S/C12H18S.3FH/c1-8-6-10(12(3,4)5)7-9(2)11(8)13;;;/h6-7,13H,1-5H3;3*1H. The van der Waals surface area contributed by atoms with Crippen molar-refractivity contribution in [1.82, 2.24) is 0 Å². The molecule has 1 aromatic rings. The van der Waals surface area contributed by atoms with Crippen LogP contribution in [0, 0.1) is 13.8 Å². The molecule has 0 aromatic heterocycles. The summed E-state index contributed by atoms with van der Waals surface area (Å²) in [6.07, 6.45) is 0. The van der Waals surface area contributed by atoms with E-state index in [4.69, 9.17) is 0 Å². The molecule has 0 spiro atoms. The largest absolute Gasteiger partial charge is 0.269 e. The van der Waals surface area contributed by atoms with Crippen LogP contribution in [0.1, 0.15) is 37.5 Å². The maximum Gasteiger partial charge on any atom is 0.00987 e. The molecule has 0 fully saturated rings. The summed E-state index contributed by atoms with van der Waals surface area (Å²) in [6, 6.07) is 4.46. The monoisotopic (exact) mass is 254 g/mol. The van der Waals surface area contributed by atoms with Gasteiger partial charge >= 0.3 is 0 Å². The van der Waals surface area contributed by atoms with E-state index in [9.17, 15) is 0 Å². The molecule has 0 amide bonds. The maximum absolute atomic E-state index is 4.45. The molecule has 0 aliphatic rings. The Labute approximate surface area is 101 Å². The van der Waals surface area contributed by atoms with Crippen LogP contribution in [0.2, 0.25) is 0 Å². The van der Waals surface area contributed by atoms with E-state index in [1.807, 2.05) is 0 Å². The zero-order valence-corrected chi connectivity index (χ0v) is 11.2. The molecule has 0 nitrogen and oxygen atoms in total. The summed E-state index contributed by atoms with van der Waals surface area (Å²) in [6.45, 7) is 10.9. The van der Waals surface area contributed by atoms with Crippen LogP contribution in [-0.4, -0.2) is 0 Å². The molecule has 4 heteroatoms. The Kier molecular flexibility index (Phi) is 8.86. The lowest BCUT2D eigenvalue weighted by Gasteiger charge is -2.21. The van der Waals surface area contributed by atoms with Gasteiger partial charge < -0.3 is 0 Å². The predicted octanol–water partition coefficient (Wildman–Crippen LogP) is 4.35. The van der Waals surface area contributed by atoms with Gasteiger partial charge in [-0.2, -0.15) is 0 Å². The quantitative estimate of drug-likeness (QED) is 0.654. The first kappa shape index (κ1) is 20.7. The number of aryl methyl sites for hydroxylation is 2. The fourth-order valence-electron chi connectivity index (χ4n) is 1.39. The summed E-state index contributed by atoms with van der Waals surface area (Å²) in [5, 5.41) is 0. The highest BCUT2D eigenvalue weighted by molar-refractivity contribution is 7.80. The zero-order chi connectivity index (χ0) is 10.2. The highest BCUT2D eigenvalue weighted by Gasteiger charge is 2.15. The fourth-order valence-corrected chi connectivity index (χ4v) is 1.52. The minimum Gasteiger partial charge on any atom is -0.269 e. The summed E-state index contributed by atoms with van der Waals surface area (Å²) in [4.78, 5) is 1.12. The Bertz CT molecular complexity index is 307. The summed E-state index contributed by atoms with van der Waals surface area (Å²) >= 11 is 4.45. The number of hydrogen-bond acceptors (Lipinski definition) is 1. The van der Waals surface area contributed by atoms with E-state index in [-0.39, 0.29) is 19.5 Å². The van der Waals surface area contributed by atoms with E-state index in [1.165, 1.54) is 16.7 Å². The van der Waals surface area contributed by atoms with Crippen molar-refractivity contribution in [2.75, 3.05) is 0 Å². The Morgan fingerprint density at radius 3 is 1.44 bits per heavy atom. The van der Waals surface area contributed by atoms with Crippen LogP contribution in [0.25, 0.3) is 0 Å². The molecule has 0 saturated carbocycles. The molecule has 0 atom stereocenters. The van der Waals surface area contributed by atoms with E-state index in [0.29, 0.717) is 0 Å². The molecular weight excluding hydrogens is 233 g/mol. The highest BCUT2D eigenvalue weighted by Crippen LogP contribution is 2.28. The zero-order valence-electron chi connectivity index (χ0n) is 10.3. The van der Waals surface area contributed by atoms with Crippen LogP contribution in [0.5, 0.6) is 0 Å². The summed E-state index contributed by atoms with van der Waals surface area (Å²) < 4.78 is 0. The third-order valence-corrected chi connectivity index (χ3v) is 3.06. The van der Waals surface area contributed by atoms with Crippen LogP contribution < -0.4 is 0 Å². The van der Waals surface area contributed by atoms with Gasteiger partial charge in [0, 0.05) is 4.90 Å². The first-order valence-corrected chi connectivity index (χ1v) is 5.08. The molecule has 0 heterocycles. The molecule has 16 heavy (non-hydrogen) atoms. The van der Waals surface area contributed by atoms with Crippen LogP contribution in [0.15, 0.2) is 17.0 Å². The molecule has 96 valence electrons. The van der Waals surface area contributed by atoms with Crippen LogP contribution in [-0.2, 0) is 5.41 Å². The van der Waals surface area contributed by atoms with Crippen molar-refractivity contribution in [3.05, 3.63) is 28.8 Å². The molecule has 1 rings (SSSR count). The summed E-state index contributed by atoms with van der Waals surface area (Å²) in [5.41, 5.74) is 4.17. The Balaban J connectivity index is -0.000000563. The Morgan fingerprint density at radius 2 is 1.19 bits per heavy atom. The molecule has 0 aliphatic carbocycles. The van der Waals surface area contributed by atoms with E-state index in [1.54, 1.807) is 0 Å². The summed E-state index contributed by atoms with van der Waals surface area (Å²) in [7, 11) is 0. The van der Waals surface area contributed by atoms with Gasteiger partial charge in [0.15, 0.2) is 0 Å². The van der Waals surface area contributed by atoms with Gasteiger partial charge in [0.2, 0.25) is 0 Å². The fraction of sp³-hybridized carbons (Fsp3) is 0.500. The second kappa shape index (κ2) is 6.84. The third-order valence-electron chi connectivity index (χ3n) is 2.36. The van der Waals surface area contributed by atoms with Crippen LogP contribution in [0.4, 0.5) is 14.1 Å². The number of rotatable bonds is 0. The van der Waals surface area contributed by atoms with Crippen LogP contribution >= 0.6 is 12.6 Å². The second-order valence-corrected chi connectivity index (χ2v) is 5.16. The van der Waals surface area contributed by atoms with Crippen molar-refractivity contribution in [1.29, 1.82) is 0 Å². The normalized spacial score (nSPS) is 9.62. The number of benzene rings is 1. The molecule has 0 saturated heterocycles. The molecular formula is C12H21F3S. The lowest BCUT2D eigenvalue weighted by atomic mass is 9.85. The first-order valence-electron chi connectivity index (χ1n) is 4.63. The van der Waals surface area contributed by atoms with Crippen molar-refractivity contribution in [2.24, 2.45) is 0 Å². The molecule has 0 radical (unpaired) electrons. The van der Waals surface area contributed by atoms with E-state index >= 15 is 0 Å². The molecule has 0 unspecified atom stereocenters.